The molecule has 1 aliphatic heterocycles. The molecule has 2 rings (SSSR count). The number of piperazine rings is 1. The number of nitrogens with one attached hydrogen (secondary N) is 1. The number of carboxylic acids is 1. The van der Waals surface area contributed by atoms with E-state index in [1.807, 2.05) is 18.9 Å². The summed E-state index contributed by atoms with van der Waals surface area (Å²) in [6.45, 7) is 4.46. The zero-order valence-electron chi connectivity index (χ0n) is 11.6. The molecule has 2 aliphatic rings. The lowest BCUT2D eigenvalue weighted by atomic mass is 10.1. The second-order valence-electron chi connectivity index (χ2n) is 5.80. The van der Waals surface area contributed by atoms with E-state index in [1.165, 1.54) is 0 Å². The first-order chi connectivity index (χ1) is 8.97. The summed E-state index contributed by atoms with van der Waals surface area (Å²) < 4.78 is 0. The Bertz CT molecular complexity index is 357. The highest BCUT2D eigenvalue weighted by molar-refractivity contribution is 5.76. The topological polar surface area (TPSA) is 72.9 Å². The van der Waals surface area contributed by atoms with Gasteiger partial charge in [0, 0.05) is 31.7 Å². The van der Waals surface area contributed by atoms with Crippen molar-refractivity contribution >= 4 is 12.0 Å². The number of carboxylic acid groups (broad SMARTS) is 1. The molecule has 6 heteroatoms. The lowest BCUT2D eigenvalue weighted by molar-refractivity contribution is -0.137. The van der Waals surface area contributed by atoms with Crippen molar-refractivity contribution in [2.75, 3.05) is 26.7 Å². The van der Waals surface area contributed by atoms with Crippen LogP contribution in [0.1, 0.15) is 26.2 Å². The van der Waals surface area contributed by atoms with Crippen molar-refractivity contribution in [2.45, 2.75) is 38.3 Å². The Morgan fingerprint density at radius 2 is 2.05 bits per heavy atom. The molecule has 2 amide bonds. The lowest BCUT2D eigenvalue weighted by Gasteiger charge is -2.38. The van der Waals surface area contributed by atoms with Gasteiger partial charge in [-0.15, -0.1) is 0 Å². The van der Waals surface area contributed by atoms with Crippen molar-refractivity contribution in [1.82, 2.24) is 15.1 Å². The van der Waals surface area contributed by atoms with Gasteiger partial charge in [-0.1, -0.05) is 0 Å². The number of amides is 2. The Hall–Kier alpha value is -1.30. The highest BCUT2D eigenvalue weighted by atomic mass is 16.4. The predicted molar refractivity (Wildman–Crippen MR) is 71.0 cm³/mol. The summed E-state index contributed by atoms with van der Waals surface area (Å²) in [5.41, 5.74) is 0. The molecule has 6 nitrogen and oxygen atoms in total. The minimum Gasteiger partial charge on any atom is -0.481 e. The number of likely N-dealkylation sites (N-methyl/N-ethyl adjacent to an activating group) is 1. The summed E-state index contributed by atoms with van der Waals surface area (Å²) in [7, 11) is 2.04. The van der Waals surface area contributed by atoms with Crippen LogP contribution in [-0.2, 0) is 4.79 Å². The summed E-state index contributed by atoms with van der Waals surface area (Å²) in [5.74, 6) is -0.494. The molecule has 0 bridgehead atoms. The van der Waals surface area contributed by atoms with Gasteiger partial charge >= 0.3 is 12.0 Å². The van der Waals surface area contributed by atoms with Crippen LogP contribution in [0.3, 0.4) is 0 Å². The van der Waals surface area contributed by atoms with E-state index in [1.54, 1.807) is 0 Å². The molecule has 108 valence electrons. The summed E-state index contributed by atoms with van der Waals surface area (Å²) >= 11 is 0. The Kier molecular flexibility index (Phi) is 4.29. The van der Waals surface area contributed by atoms with Crippen LogP contribution in [0.4, 0.5) is 4.79 Å². The molecule has 0 radical (unpaired) electrons. The van der Waals surface area contributed by atoms with Crippen molar-refractivity contribution in [3.63, 3.8) is 0 Å². The van der Waals surface area contributed by atoms with Gasteiger partial charge in [0.2, 0.25) is 0 Å². The largest absolute Gasteiger partial charge is 0.481 e. The second kappa shape index (κ2) is 5.77. The second-order valence-corrected chi connectivity index (χ2v) is 5.80. The van der Waals surface area contributed by atoms with Crippen LogP contribution >= 0.6 is 0 Å². The maximum atomic E-state index is 12.2. The SMILES string of the molecule is CC1CN(C)CCN1C(=O)NC(CC(=O)O)C1CC1. The van der Waals surface area contributed by atoms with E-state index < -0.39 is 5.97 Å². The molecule has 0 aromatic rings. The van der Waals surface area contributed by atoms with Gasteiger partial charge in [0.05, 0.1) is 6.42 Å². The Balaban J connectivity index is 1.89. The average molecular weight is 269 g/mol. The number of hydrogen-bond donors (Lipinski definition) is 2. The van der Waals surface area contributed by atoms with E-state index in [4.69, 9.17) is 5.11 Å². The highest BCUT2D eigenvalue weighted by Crippen LogP contribution is 2.34. The first kappa shape index (κ1) is 14.1. The molecule has 1 heterocycles. The van der Waals surface area contributed by atoms with Crippen molar-refractivity contribution < 1.29 is 14.7 Å². The van der Waals surface area contributed by atoms with Crippen molar-refractivity contribution in [2.24, 2.45) is 5.92 Å². The number of hydrogen-bond acceptors (Lipinski definition) is 3. The fraction of sp³-hybridized carbons (Fsp3) is 0.846. The third-order valence-electron chi connectivity index (χ3n) is 3.99. The zero-order valence-corrected chi connectivity index (χ0v) is 11.6. The zero-order chi connectivity index (χ0) is 14.0. The molecule has 1 saturated carbocycles. The van der Waals surface area contributed by atoms with Crippen molar-refractivity contribution in [1.29, 1.82) is 0 Å². The summed E-state index contributed by atoms with van der Waals surface area (Å²) in [4.78, 5) is 27.1. The summed E-state index contributed by atoms with van der Waals surface area (Å²) in [5, 5.41) is 11.8. The summed E-state index contributed by atoms with van der Waals surface area (Å²) in [6, 6.07) is -0.154. The molecular weight excluding hydrogens is 246 g/mol. The van der Waals surface area contributed by atoms with Crippen LogP contribution in [0.5, 0.6) is 0 Å². The van der Waals surface area contributed by atoms with Gasteiger partial charge in [0.15, 0.2) is 0 Å². The van der Waals surface area contributed by atoms with Crippen LogP contribution in [0.25, 0.3) is 0 Å². The Morgan fingerprint density at radius 1 is 1.37 bits per heavy atom. The van der Waals surface area contributed by atoms with E-state index in [0.29, 0.717) is 12.5 Å². The minimum absolute atomic E-state index is 0.0263. The van der Waals surface area contributed by atoms with Crippen molar-refractivity contribution in [3.05, 3.63) is 0 Å². The maximum Gasteiger partial charge on any atom is 0.317 e. The van der Waals surface area contributed by atoms with Crippen LogP contribution in [0, 0.1) is 5.92 Å². The van der Waals surface area contributed by atoms with E-state index in [2.05, 4.69) is 10.2 Å². The maximum absolute atomic E-state index is 12.2. The van der Waals surface area contributed by atoms with Crippen LogP contribution < -0.4 is 5.32 Å². The molecule has 0 aromatic carbocycles. The van der Waals surface area contributed by atoms with Gasteiger partial charge in [-0.25, -0.2) is 4.79 Å². The Morgan fingerprint density at radius 3 is 2.58 bits per heavy atom. The molecule has 2 unspecified atom stereocenters. The molecule has 1 aliphatic carbocycles. The first-order valence-electron chi connectivity index (χ1n) is 6.95. The average Bonchev–Trinajstić information content (AvgIpc) is 3.10. The number of carbonyl (C=O) groups is 2. The standard InChI is InChI=1S/C13H23N3O3/c1-9-8-15(2)5-6-16(9)13(19)14-11(7-12(17)18)10-3-4-10/h9-11H,3-8H2,1-2H3,(H,14,19)(H,17,18). The van der Waals surface area contributed by atoms with Crippen LogP contribution in [0.2, 0.25) is 0 Å². The van der Waals surface area contributed by atoms with Gasteiger partial charge < -0.3 is 20.2 Å². The Labute approximate surface area is 113 Å². The van der Waals surface area contributed by atoms with Gasteiger partial charge in [-0.2, -0.15) is 0 Å². The van der Waals surface area contributed by atoms with E-state index in [-0.39, 0.29) is 24.5 Å². The fourth-order valence-electron chi connectivity index (χ4n) is 2.71. The normalized spacial score (nSPS) is 26.0. The first-order valence-corrected chi connectivity index (χ1v) is 6.95. The van der Waals surface area contributed by atoms with Gasteiger partial charge in [-0.05, 0) is 32.7 Å². The van der Waals surface area contributed by atoms with E-state index in [0.717, 1.165) is 25.9 Å². The monoisotopic (exact) mass is 269 g/mol. The molecule has 2 fully saturated rings. The molecule has 1 saturated heterocycles. The summed E-state index contributed by atoms with van der Waals surface area (Å²) in [6.07, 6.45) is 2.07. The highest BCUT2D eigenvalue weighted by Gasteiger charge is 2.35. The molecular formula is C13H23N3O3. The number of nitrogens with zero attached hydrogens (tertiary/aromatic N) is 2. The predicted octanol–water partition coefficient (Wildman–Crippen LogP) is 0.585. The van der Waals surface area contributed by atoms with E-state index in [9.17, 15) is 9.59 Å². The molecule has 0 aromatic heterocycles. The molecule has 0 spiro atoms. The minimum atomic E-state index is -0.844. The number of aliphatic carboxylic acids is 1. The van der Waals surface area contributed by atoms with Crippen LogP contribution in [0.15, 0.2) is 0 Å². The molecule has 19 heavy (non-hydrogen) atoms. The quantitative estimate of drug-likeness (QED) is 0.783. The number of rotatable bonds is 4. The fourth-order valence-corrected chi connectivity index (χ4v) is 2.71. The number of carbonyl (C=O) groups excluding carboxylic acids is 1. The van der Waals surface area contributed by atoms with Crippen molar-refractivity contribution in [3.8, 4) is 0 Å². The third kappa shape index (κ3) is 3.83. The smallest absolute Gasteiger partial charge is 0.317 e. The van der Waals surface area contributed by atoms with Gasteiger partial charge in [0.1, 0.15) is 0 Å². The third-order valence-corrected chi connectivity index (χ3v) is 3.99. The van der Waals surface area contributed by atoms with Gasteiger partial charge in [0.25, 0.3) is 0 Å². The van der Waals surface area contributed by atoms with Crippen LogP contribution in [-0.4, -0.2) is 65.7 Å². The number of urea groups is 1. The van der Waals surface area contributed by atoms with E-state index >= 15 is 0 Å². The lowest BCUT2D eigenvalue weighted by Crippen LogP contribution is -2.57. The molecule has 2 N–H and O–H groups in total. The molecule has 2 atom stereocenters. The van der Waals surface area contributed by atoms with Gasteiger partial charge in [-0.3, -0.25) is 4.79 Å².